The quantitative estimate of drug-likeness (QED) is 0.436. The fourth-order valence-electron chi connectivity index (χ4n) is 4.08. The third-order valence-corrected chi connectivity index (χ3v) is 7.19. The van der Waals surface area contributed by atoms with Crippen LogP contribution < -0.4 is 0 Å². The third-order valence-electron chi connectivity index (χ3n) is 5.74. The average molecular weight is 416 g/mol. The summed E-state index contributed by atoms with van der Waals surface area (Å²) in [5, 5.41) is 13.0. The molecule has 4 nitrogen and oxygen atoms in total. The van der Waals surface area contributed by atoms with Gasteiger partial charge in [-0.3, -0.25) is 4.90 Å². The topological polar surface area (TPSA) is 39.1 Å². The van der Waals surface area contributed by atoms with E-state index in [1.165, 1.54) is 20.9 Å². The summed E-state index contributed by atoms with van der Waals surface area (Å²) in [5.74, 6) is 0. The highest BCUT2D eigenvalue weighted by atomic mass is 35.5. The van der Waals surface area contributed by atoms with Crippen molar-refractivity contribution in [1.29, 1.82) is 0 Å². The lowest BCUT2D eigenvalue weighted by Gasteiger charge is -2.39. The molecular formula is C22H26ClN3OS. The van der Waals surface area contributed by atoms with Crippen molar-refractivity contribution in [2.45, 2.75) is 35.6 Å². The van der Waals surface area contributed by atoms with Crippen LogP contribution in [0, 0.1) is 0 Å². The minimum Gasteiger partial charge on any atom is -0.411 e. The number of hydrogen-bond donors (Lipinski definition) is 1. The van der Waals surface area contributed by atoms with E-state index in [9.17, 15) is 0 Å². The first kappa shape index (κ1) is 19.8. The van der Waals surface area contributed by atoms with E-state index in [1.54, 1.807) is 0 Å². The number of nitrogens with zero attached hydrogens (tertiary/aromatic N) is 3. The Kier molecular flexibility index (Phi) is 6.26. The molecule has 0 amide bonds. The van der Waals surface area contributed by atoms with E-state index < -0.39 is 0 Å². The van der Waals surface area contributed by atoms with Gasteiger partial charge in [0.15, 0.2) is 0 Å². The summed E-state index contributed by atoms with van der Waals surface area (Å²) in [4.78, 5) is 7.74. The highest BCUT2D eigenvalue weighted by Gasteiger charge is 2.30. The predicted molar refractivity (Wildman–Crippen MR) is 116 cm³/mol. The van der Waals surface area contributed by atoms with Crippen LogP contribution in [0.25, 0.3) is 0 Å². The molecule has 0 saturated carbocycles. The van der Waals surface area contributed by atoms with Crippen LogP contribution in [0.4, 0.5) is 0 Å². The molecule has 28 heavy (non-hydrogen) atoms. The second kappa shape index (κ2) is 8.87. The number of hydrogen-bond acceptors (Lipinski definition) is 5. The number of piperazine rings is 1. The molecule has 1 N–H and O–H groups in total. The molecule has 0 aliphatic carbocycles. The normalized spacial score (nSPS) is 21.1. The maximum Gasteiger partial charge on any atom is 0.0552 e. The van der Waals surface area contributed by atoms with Crippen LogP contribution in [-0.2, 0) is 6.42 Å². The van der Waals surface area contributed by atoms with Gasteiger partial charge >= 0.3 is 0 Å². The zero-order valence-corrected chi connectivity index (χ0v) is 17.7. The molecule has 1 atom stereocenters. The van der Waals surface area contributed by atoms with Gasteiger partial charge in [0.25, 0.3) is 0 Å². The smallest absolute Gasteiger partial charge is 0.0552 e. The van der Waals surface area contributed by atoms with Crippen molar-refractivity contribution < 1.29 is 5.21 Å². The van der Waals surface area contributed by atoms with Gasteiger partial charge in [-0.1, -0.05) is 46.7 Å². The molecule has 0 aromatic heterocycles. The van der Waals surface area contributed by atoms with Crippen LogP contribution in [0.5, 0.6) is 0 Å². The van der Waals surface area contributed by atoms with Crippen molar-refractivity contribution in [3.63, 3.8) is 0 Å². The van der Waals surface area contributed by atoms with E-state index in [1.807, 2.05) is 24.8 Å². The van der Waals surface area contributed by atoms with Gasteiger partial charge in [-0.25, -0.2) is 0 Å². The number of fused-ring (bicyclic) bond motifs is 2. The summed E-state index contributed by atoms with van der Waals surface area (Å²) >= 11 is 8.25. The standard InChI is InChI=1S/C22H26ClN3OS/c1-16(24-27)8-9-25-10-12-26(13-11-25)20-14-17-4-2-3-5-21(17)28-22-7-6-18(23)15-19(20)22/h2-7,15,20,27H,8-14H2,1H3/b24-16+. The molecule has 1 saturated heterocycles. The fraction of sp³-hybridized carbons (Fsp3) is 0.409. The van der Waals surface area contributed by atoms with Crippen molar-refractivity contribution in [1.82, 2.24) is 9.80 Å². The highest BCUT2D eigenvalue weighted by Crippen LogP contribution is 2.43. The van der Waals surface area contributed by atoms with Crippen LogP contribution in [0.1, 0.15) is 30.5 Å². The van der Waals surface area contributed by atoms with Crippen LogP contribution >= 0.6 is 23.4 Å². The molecule has 1 fully saturated rings. The van der Waals surface area contributed by atoms with Crippen molar-refractivity contribution in [2.75, 3.05) is 32.7 Å². The van der Waals surface area contributed by atoms with Crippen molar-refractivity contribution in [3.05, 3.63) is 58.6 Å². The van der Waals surface area contributed by atoms with E-state index in [0.29, 0.717) is 6.04 Å². The Morgan fingerprint density at radius 3 is 2.71 bits per heavy atom. The van der Waals surface area contributed by atoms with Gasteiger partial charge in [-0.2, -0.15) is 0 Å². The average Bonchev–Trinajstić information content (AvgIpc) is 2.89. The highest BCUT2D eigenvalue weighted by molar-refractivity contribution is 7.99. The molecule has 6 heteroatoms. The van der Waals surface area contributed by atoms with E-state index in [0.717, 1.165) is 56.3 Å². The van der Waals surface area contributed by atoms with E-state index in [4.69, 9.17) is 16.8 Å². The van der Waals surface area contributed by atoms with Gasteiger partial charge in [0.05, 0.1) is 5.71 Å². The monoisotopic (exact) mass is 415 g/mol. The van der Waals surface area contributed by atoms with E-state index in [2.05, 4.69) is 51.4 Å². The lowest BCUT2D eigenvalue weighted by molar-refractivity contribution is 0.0960. The lowest BCUT2D eigenvalue weighted by Crippen LogP contribution is -2.48. The third kappa shape index (κ3) is 4.38. The Morgan fingerprint density at radius 2 is 1.93 bits per heavy atom. The first-order chi connectivity index (χ1) is 13.6. The largest absolute Gasteiger partial charge is 0.411 e. The molecule has 0 radical (unpaired) electrons. The SMILES string of the molecule is C/C(CCN1CCN(C2Cc3ccccc3Sc3ccc(Cl)cc32)CC1)=N\O. The van der Waals surface area contributed by atoms with Gasteiger partial charge < -0.3 is 10.1 Å². The molecule has 2 aliphatic heterocycles. The van der Waals surface area contributed by atoms with Crippen molar-refractivity contribution >= 4 is 29.1 Å². The Bertz CT molecular complexity index is 865. The number of rotatable bonds is 4. The molecule has 148 valence electrons. The molecule has 0 bridgehead atoms. The maximum absolute atomic E-state index is 8.85. The first-order valence-electron chi connectivity index (χ1n) is 9.83. The van der Waals surface area contributed by atoms with Crippen molar-refractivity contribution in [3.8, 4) is 0 Å². The van der Waals surface area contributed by atoms with E-state index in [-0.39, 0.29) is 0 Å². The Labute approximate surface area is 176 Å². The molecule has 0 spiro atoms. The molecular weight excluding hydrogens is 390 g/mol. The predicted octanol–water partition coefficient (Wildman–Crippen LogP) is 4.95. The van der Waals surface area contributed by atoms with Crippen LogP contribution in [0.15, 0.2) is 57.4 Å². The first-order valence-corrected chi connectivity index (χ1v) is 11.0. The molecule has 2 aliphatic rings. The van der Waals surface area contributed by atoms with Crippen LogP contribution in [0.3, 0.4) is 0 Å². The molecule has 1 unspecified atom stereocenters. The lowest BCUT2D eigenvalue weighted by atomic mass is 9.96. The summed E-state index contributed by atoms with van der Waals surface area (Å²) in [6.07, 6.45) is 1.84. The maximum atomic E-state index is 8.85. The van der Waals surface area contributed by atoms with Crippen LogP contribution in [0.2, 0.25) is 5.02 Å². The Morgan fingerprint density at radius 1 is 1.14 bits per heavy atom. The summed E-state index contributed by atoms with van der Waals surface area (Å²) in [5.41, 5.74) is 3.57. The zero-order valence-electron chi connectivity index (χ0n) is 16.1. The second-order valence-electron chi connectivity index (χ2n) is 7.57. The summed E-state index contributed by atoms with van der Waals surface area (Å²) < 4.78 is 0. The molecule has 2 aromatic rings. The van der Waals surface area contributed by atoms with Gasteiger partial charge in [0.2, 0.25) is 0 Å². The molecule has 2 heterocycles. The minimum atomic E-state index is 0.354. The van der Waals surface area contributed by atoms with Gasteiger partial charge in [-0.15, -0.1) is 0 Å². The fourth-order valence-corrected chi connectivity index (χ4v) is 5.37. The Hall–Kier alpha value is -1.53. The van der Waals surface area contributed by atoms with Gasteiger partial charge in [0, 0.05) is 60.0 Å². The van der Waals surface area contributed by atoms with Crippen LogP contribution in [-0.4, -0.2) is 53.4 Å². The second-order valence-corrected chi connectivity index (χ2v) is 9.09. The van der Waals surface area contributed by atoms with Gasteiger partial charge in [0.1, 0.15) is 0 Å². The summed E-state index contributed by atoms with van der Waals surface area (Å²) in [6, 6.07) is 15.4. The number of halogens is 1. The number of oxime groups is 1. The molecule has 4 rings (SSSR count). The van der Waals surface area contributed by atoms with E-state index >= 15 is 0 Å². The number of benzene rings is 2. The zero-order chi connectivity index (χ0) is 19.5. The summed E-state index contributed by atoms with van der Waals surface area (Å²) in [6.45, 7) is 6.99. The summed E-state index contributed by atoms with van der Waals surface area (Å²) in [7, 11) is 0. The van der Waals surface area contributed by atoms with Crippen molar-refractivity contribution in [2.24, 2.45) is 5.16 Å². The molecule has 2 aromatic carbocycles. The minimum absolute atomic E-state index is 0.354. The van der Waals surface area contributed by atoms with Gasteiger partial charge in [-0.05, 0) is 48.7 Å². The Balaban J connectivity index is 1.53.